The summed E-state index contributed by atoms with van der Waals surface area (Å²) in [4.78, 5) is 28.4. The molecule has 1 atom stereocenters. The highest BCUT2D eigenvalue weighted by molar-refractivity contribution is 7.92. The average Bonchev–Trinajstić information content (AvgIpc) is 2.90. The second kappa shape index (κ2) is 13.9. The number of aryl methyl sites for hydroxylation is 1. The standard InChI is InChI=1S/C28H29Cl4N3O4S/c1-4-25(28(37)33-5-2)34(16-21-22(30)7-6-8-23(21)31)27(36)17-35(26-15-19(29)11-14-24(26)32)40(38,39)20-12-9-18(3)10-13-20/h6-15,25H,4-5,16-17H2,1-3H3,(H,33,37). The van der Waals surface area contributed by atoms with Crippen LogP contribution in [-0.2, 0) is 26.2 Å². The number of carbonyl (C=O) groups excluding carboxylic acids is 2. The Balaban J connectivity index is 2.14. The lowest BCUT2D eigenvalue weighted by Crippen LogP contribution is -2.52. The van der Waals surface area contributed by atoms with Crippen LogP contribution in [0.5, 0.6) is 0 Å². The number of nitrogens with one attached hydrogen (secondary N) is 1. The van der Waals surface area contributed by atoms with Crippen molar-refractivity contribution in [1.29, 1.82) is 0 Å². The minimum atomic E-state index is -4.30. The van der Waals surface area contributed by atoms with E-state index in [1.807, 2.05) is 6.92 Å². The number of nitrogens with zero attached hydrogens (tertiary/aromatic N) is 2. The second-order valence-electron chi connectivity index (χ2n) is 8.96. The summed E-state index contributed by atoms with van der Waals surface area (Å²) in [5.74, 6) is -1.06. The van der Waals surface area contributed by atoms with Crippen molar-refractivity contribution < 1.29 is 18.0 Å². The van der Waals surface area contributed by atoms with Gasteiger partial charge in [-0.25, -0.2) is 8.42 Å². The molecule has 0 aromatic heterocycles. The molecule has 0 spiro atoms. The van der Waals surface area contributed by atoms with Gasteiger partial charge in [0, 0.05) is 33.7 Å². The highest BCUT2D eigenvalue weighted by atomic mass is 35.5. The largest absolute Gasteiger partial charge is 0.355 e. The first-order chi connectivity index (χ1) is 18.9. The van der Waals surface area contributed by atoms with Gasteiger partial charge >= 0.3 is 0 Å². The van der Waals surface area contributed by atoms with E-state index in [4.69, 9.17) is 46.4 Å². The van der Waals surface area contributed by atoms with Gasteiger partial charge in [-0.1, -0.05) is 77.1 Å². The molecule has 214 valence electrons. The molecule has 0 heterocycles. The number of hydrogen-bond donors (Lipinski definition) is 1. The Morgan fingerprint density at radius 1 is 0.900 bits per heavy atom. The van der Waals surface area contributed by atoms with Gasteiger partial charge in [0.25, 0.3) is 10.0 Å². The zero-order valence-corrected chi connectivity index (χ0v) is 26.0. The smallest absolute Gasteiger partial charge is 0.264 e. The summed E-state index contributed by atoms with van der Waals surface area (Å²) in [6, 6.07) is 14.5. The van der Waals surface area contributed by atoms with E-state index >= 15 is 0 Å². The van der Waals surface area contributed by atoms with Gasteiger partial charge in [-0.15, -0.1) is 0 Å². The molecule has 0 fully saturated rings. The highest BCUT2D eigenvalue weighted by Gasteiger charge is 2.35. The molecule has 2 amide bonds. The molecular weight excluding hydrogens is 616 g/mol. The lowest BCUT2D eigenvalue weighted by Gasteiger charge is -2.33. The van der Waals surface area contributed by atoms with Gasteiger partial charge in [0.05, 0.1) is 15.6 Å². The Hall–Kier alpha value is -2.49. The number of anilines is 1. The number of benzene rings is 3. The normalized spacial score (nSPS) is 12.1. The molecule has 3 rings (SSSR count). The van der Waals surface area contributed by atoms with Crippen LogP contribution in [0.4, 0.5) is 5.69 Å². The number of amides is 2. The molecule has 3 aromatic rings. The fraction of sp³-hybridized carbons (Fsp3) is 0.286. The van der Waals surface area contributed by atoms with Crippen LogP contribution in [0.2, 0.25) is 20.1 Å². The van der Waals surface area contributed by atoms with Crippen LogP contribution in [0.15, 0.2) is 65.6 Å². The van der Waals surface area contributed by atoms with E-state index in [2.05, 4.69) is 5.32 Å². The van der Waals surface area contributed by atoms with Gasteiger partial charge in [0.15, 0.2) is 0 Å². The summed E-state index contributed by atoms with van der Waals surface area (Å²) in [6.07, 6.45) is 0.252. The van der Waals surface area contributed by atoms with Crippen LogP contribution in [0.3, 0.4) is 0 Å². The van der Waals surface area contributed by atoms with Crippen molar-refractivity contribution in [2.45, 2.75) is 44.7 Å². The SMILES string of the molecule is CCNC(=O)C(CC)N(Cc1c(Cl)cccc1Cl)C(=O)CN(c1cc(Cl)ccc1Cl)S(=O)(=O)c1ccc(C)cc1. The lowest BCUT2D eigenvalue weighted by atomic mass is 10.1. The minimum absolute atomic E-state index is 0.0184. The van der Waals surface area contributed by atoms with Crippen molar-refractivity contribution in [1.82, 2.24) is 10.2 Å². The predicted octanol–water partition coefficient (Wildman–Crippen LogP) is 6.75. The molecule has 0 bridgehead atoms. The Morgan fingerprint density at radius 3 is 2.10 bits per heavy atom. The molecule has 0 aliphatic carbocycles. The van der Waals surface area contributed by atoms with Gasteiger partial charge < -0.3 is 10.2 Å². The molecule has 1 unspecified atom stereocenters. The van der Waals surface area contributed by atoms with E-state index in [1.54, 1.807) is 44.2 Å². The third-order valence-corrected chi connectivity index (χ3v) is 9.23. The molecular formula is C28H29Cl4N3O4S. The summed E-state index contributed by atoms with van der Waals surface area (Å²) >= 11 is 25.5. The molecule has 7 nitrogen and oxygen atoms in total. The summed E-state index contributed by atoms with van der Waals surface area (Å²) in [6.45, 7) is 4.89. The minimum Gasteiger partial charge on any atom is -0.355 e. The molecule has 3 aromatic carbocycles. The van der Waals surface area contributed by atoms with Gasteiger partial charge in [-0.2, -0.15) is 0 Å². The van der Waals surface area contributed by atoms with Crippen molar-refractivity contribution in [2.24, 2.45) is 0 Å². The van der Waals surface area contributed by atoms with Crippen molar-refractivity contribution >= 4 is 73.9 Å². The maximum atomic E-state index is 14.1. The maximum Gasteiger partial charge on any atom is 0.264 e. The lowest BCUT2D eigenvalue weighted by molar-refractivity contribution is -0.140. The Labute approximate surface area is 255 Å². The fourth-order valence-electron chi connectivity index (χ4n) is 4.09. The van der Waals surface area contributed by atoms with E-state index in [0.29, 0.717) is 22.2 Å². The zero-order valence-electron chi connectivity index (χ0n) is 22.1. The monoisotopic (exact) mass is 643 g/mol. The molecule has 0 saturated heterocycles. The molecule has 0 radical (unpaired) electrons. The number of hydrogen-bond acceptors (Lipinski definition) is 4. The summed E-state index contributed by atoms with van der Waals surface area (Å²) < 4.78 is 28.8. The van der Waals surface area contributed by atoms with Crippen LogP contribution in [0.25, 0.3) is 0 Å². The fourth-order valence-corrected chi connectivity index (χ4v) is 6.47. The summed E-state index contributed by atoms with van der Waals surface area (Å²) in [7, 11) is -4.30. The van der Waals surface area contributed by atoms with Gasteiger partial charge in [0.2, 0.25) is 11.8 Å². The molecule has 12 heteroatoms. The summed E-state index contributed by atoms with van der Waals surface area (Å²) in [5, 5.41) is 3.65. The topological polar surface area (TPSA) is 86.8 Å². The highest BCUT2D eigenvalue weighted by Crippen LogP contribution is 2.34. The van der Waals surface area contributed by atoms with Crippen LogP contribution in [0.1, 0.15) is 31.4 Å². The Kier molecular flexibility index (Phi) is 11.1. The first kappa shape index (κ1) is 32.0. The van der Waals surface area contributed by atoms with E-state index in [0.717, 1.165) is 9.87 Å². The molecule has 0 aliphatic heterocycles. The van der Waals surface area contributed by atoms with E-state index in [1.165, 1.54) is 35.2 Å². The molecule has 0 aliphatic rings. The van der Waals surface area contributed by atoms with Gasteiger partial charge in [-0.3, -0.25) is 13.9 Å². The third kappa shape index (κ3) is 7.42. The number of carbonyl (C=O) groups is 2. The van der Waals surface area contributed by atoms with Crippen molar-refractivity contribution in [2.75, 3.05) is 17.4 Å². The van der Waals surface area contributed by atoms with Crippen molar-refractivity contribution in [3.63, 3.8) is 0 Å². The van der Waals surface area contributed by atoms with E-state index in [9.17, 15) is 18.0 Å². The van der Waals surface area contributed by atoms with Gasteiger partial charge in [-0.05, 0) is 62.7 Å². The predicted molar refractivity (Wildman–Crippen MR) is 162 cm³/mol. The molecule has 1 N–H and O–H groups in total. The number of sulfonamides is 1. The van der Waals surface area contributed by atoms with E-state index < -0.39 is 34.4 Å². The second-order valence-corrected chi connectivity index (χ2v) is 12.5. The Morgan fingerprint density at radius 2 is 1.52 bits per heavy atom. The van der Waals surface area contributed by atoms with Crippen LogP contribution >= 0.6 is 46.4 Å². The maximum absolute atomic E-state index is 14.1. The van der Waals surface area contributed by atoms with Crippen LogP contribution in [0, 0.1) is 6.92 Å². The Bertz CT molecular complexity index is 1460. The van der Waals surface area contributed by atoms with Crippen LogP contribution in [-0.4, -0.2) is 44.3 Å². The first-order valence-corrected chi connectivity index (χ1v) is 15.4. The molecule has 0 saturated carbocycles. The number of likely N-dealkylation sites (N-methyl/N-ethyl adjacent to an activating group) is 1. The first-order valence-electron chi connectivity index (χ1n) is 12.4. The average molecular weight is 645 g/mol. The number of halogens is 4. The summed E-state index contributed by atoms with van der Waals surface area (Å²) in [5.41, 5.74) is 1.30. The third-order valence-electron chi connectivity index (χ3n) is 6.19. The van der Waals surface area contributed by atoms with E-state index in [-0.39, 0.29) is 33.6 Å². The molecule has 40 heavy (non-hydrogen) atoms. The van der Waals surface area contributed by atoms with Crippen molar-refractivity contribution in [3.05, 3.63) is 91.9 Å². The zero-order chi connectivity index (χ0) is 29.6. The van der Waals surface area contributed by atoms with Crippen LogP contribution < -0.4 is 9.62 Å². The number of rotatable bonds is 11. The quantitative estimate of drug-likeness (QED) is 0.250. The van der Waals surface area contributed by atoms with Gasteiger partial charge in [0.1, 0.15) is 12.6 Å². The van der Waals surface area contributed by atoms with Crippen molar-refractivity contribution in [3.8, 4) is 0 Å².